The van der Waals surface area contributed by atoms with Crippen LogP contribution in [-0.4, -0.2) is 48.7 Å². The number of carbonyl (C=O) groups excluding carboxylic acids is 1. The van der Waals surface area contributed by atoms with Gasteiger partial charge in [-0.3, -0.25) is 4.79 Å². The minimum atomic E-state index is -1.11. The molecular formula is C11H15NO4. The van der Waals surface area contributed by atoms with Gasteiger partial charge in [-0.15, -0.1) is 0 Å². The molecule has 1 amide bonds. The summed E-state index contributed by atoms with van der Waals surface area (Å²) in [5.41, 5.74) is 1.17. The van der Waals surface area contributed by atoms with Crippen LogP contribution < -0.4 is 0 Å². The zero-order valence-corrected chi connectivity index (χ0v) is 9.18. The van der Waals surface area contributed by atoms with Gasteiger partial charge in [0.15, 0.2) is 0 Å². The molecule has 16 heavy (non-hydrogen) atoms. The maximum Gasteiger partial charge on any atom is 0.328 e. The second-order valence-corrected chi connectivity index (χ2v) is 3.50. The van der Waals surface area contributed by atoms with E-state index in [0.29, 0.717) is 19.7 Å². The molecule has 1 N–H and O–H groups in total. The number of carbonyl (C=O) groups is 2. The van der Waals surface area contributed by atoms with Gasteiger partial charge in [0.05, 0.1) is 6.61 Å². The molecule has 88 valence electrons. The molecule has 0 saturated heterocycles. The van der Waals surface area contributed by atoms with Gasteiger partial charge in [0.1, 0.15) is 0 Å². The second kappa shape index (κ2) is 6.07. The smallest absolute Gasteiger partial charge is 0.328 e. The van der Waals surface area contributed by atoms with Gasteiger partial charge < -0.3 is 14.7 Å². The molecule has 0 aromatic carbocycles. The van der Waals surface area contributed by atoms with E-state index in [-0.39, 0.29) is 5.91 Å². The summed E-state index contributed by atoms with van der Waals surface area (Å²) >= 11 is 0. The lowest BCUT2D eigenvalue weighted by Gasteiger charge is -2.25. The molecule has 0 bridgehead atoms. The Labute approximate surface area is 94.0 Å². The predicted molar refractivity (Wildman–Crippen MR) is 57.9 cm³/mol. The number of amides is 1. The molecule has 0 atom stereocenters. The first kappa shape index (κ1) is 12.4. The summed E-state index contributed by atoms with van der Waals surface area (Å²) in [6.45, 7) is 1.71. The maximum atomic E-state index is 11.5. The van der Waals surface area contributed by atoms with Crippen molar-refractivity contribution in [2.45, 2.75) is 6.42 Å². The van der Waals surface area contributed by atoms with Crippen LogP contribution in [0.25, 0.3) is 0 Å². The monoisotopic (exact) mass is 225 g/mol. The molecule has 1 heterocycles. The Morgan fingerprint density at radius 1 is 1.56 bits per heavy atom. The Hall–Kier alpha value is -1.62. The molecular weight excluding hydrogens is 210 g/mol. The van der Waals surface area contributed by atoms with E-state index in [4.69, 9.17) is 9.84 Å². The minimum absolute atomic E-state index is 0.268. The molecule has 0 aliphatic carbocycles. The maximum absolute atomic E-state index is 11.5. The quantitative estimate of drug-likeness (QED) is 0.556. The number of carboxylic acids is 1. The summed E-state index contributed by atoms with van der Waals surface area (Å²) in [4.78, 5) is 23.3. The van der Waals surface area contributed by atoms with E-state index >= 15 is 0 Å². The van der Waals surface area contributed by atoms with Crippen LogP contribution in [0.2, 0.25) is 0 Å². The van der Waals surface area contributed by atoms with E-state index < -0.39 is 5.97 Å². The lowest BCUT2D eigenvalue weighted by atomic mass is 10.1. The average Bonchev–Trinajstić information content (AvgIpc) is 2.27. The number of rotatable bonds is 4. The van der Waals surface area contributed by atoms with E-state index in [2.05, 4.69) is 0 Å². The average molecular weight is 225 g/mol. The summed E-state index contributed by atoms with van der Waals surface area (Å²) in [5.74, 6) is -1.38. The summed E-state index contributed by atoms with van der Waals surface area (Å²) in [6.07, 6.45) is 4.66. The van der Waals surface area contributed by atoms with Crippen LogP contribution in [0.3, 0.4) is 0 Å². The first-order valence-corrected chi connectivity index (χ1v) is 5.00. The molecule has 5 heteroatoms. The summed E-state index contributed by atoms with van der Waals surface area (Å²) in [5, 5.41) is 8.39. The molecule has 0 aromatic rings. The molecule has 1 aliphatic heterocycles. The van der Waals surface area contributed by atoms with E-state index in [1.54, 1.807) is 12.0 Å². The molecule has 0 saturated carbocycles. The Kier molecular flexibility index (Phi) is 4.72. The Morgan fingerprint density at radius 2 is 2.31 bits per heavy atom. The molecule has 0 aromatic heterocycles. The lowest BCUT2D eigenvalue weighted by Crippen LogP contribution is -2.34. The third kappa shape index (κ3) is 3.86. The van der Waals surface area contributed by atoms with Gasteiger partial charge in [-0.1, -0.05) is 6.08 Å². The Morgan fingerprint density at radius 3 is 2.81 bits per heavy atom. The SMILES string of the molecule is COCC1=CCN(C(=O)/C=C/C(=O)O)CC1. The van der Waals surface area contributed by atoms with Crippen molar-refractivity contribution in [2.24, 2.45) is 0 Å². The van der Waals surface area contributed by atoms with Gasteiger partial charge in [0.2, 0.25) is 5.91 Å². The van der Waals surface area contributed by atoms with Gasteiger partial charge >= 0.3 is 5.97 Å². The highest BCUT2D eigenvalue weighted by Crippen LogP contribution is 2.11. The number of carboxylic acid groups (broad SMARTS) is 1. The van der Waals surface area contributed by atoms with Crippen LogP contribution in [0.1, 0.15) is 6.42 Å². The Balaban J connectivity index is 2.47. The minimum Gasteiger partial charge on any atom is -0.478 e. The van der Waals surface area contributed by atoms with Gasteiger partial charge in [0, 0.05) is 32.4 Å². The number of hydrogen-bond acceptors (Lipinski definition) is 3. The highest BCUT2D eigenvalue weighted by Gasteiger charge is 2.14. The van der Waals surface area contributed by atoms with Crippen molar-refractivity contribution in [1.82, 2.24) is 4.90 Å². The highest BCUT2D eigenvalue weighted by molar-refractivity contribution is 5.94. The number of methoxy groups -OCH3 is 1. The van der Waals surface area contributed by atoms with Crippen LogP contribution in [-0.2, 0) is 14.3 Å². The van der Waals surface area contributed by atoms with Crippen molar-refractivity contribution in [3.05, 3.63) is 23.8 Å². The third-order valence-corrected chi connectivity index (χ3v) is 2.31. The first-order valence-electron chi connectivity index (χ1n) is 5.00. The normalized spacial score (nSPS) is 16.3. The molecule has 0 fully saturated rings. The van der Waals surface area contributed by atoms with Gasteiger partial charge in [0.25, 0.3) is 0 Å². The van der Waals surface area contributed by atoms with E-state index in [0.717, 1.165) is 18.6 Å². The van der Waals surface area contributed by atoms with Crippen LogP contribution in [0, 0.1) is 0 Å². The van der Waals surface area contributed by atoms with Crippen molar-refractivity contribution in [1.29, 1.82) is 0 Å². The lowest BCUT2D eigenvalue weighted by molar-refractivity contribution is -0.132. The molecule has 0 spiro atoms. The molecule has 1 rings (SSSR count). The fourth-order valence-corrected chi connectivity index (χ4v) is 1.48. The topological polar surface area (TPSA) is 66.8 Å². The predicted octanol–water partition coefficient (Wildman–Crippen LogP) is 0.432. The first-order chi connectivity index (χ1) is 7.63. The molecule has 0 radical (unpaired) electrons. The van der Waals surface area contributed by atoms with Crippen molar-refractivity contribution in [3.63, 3.8) is 0 Å². The van der Waals surface area contributed by atoms with Crippen LogP contribution in [0.5, 0.6) is 0 Å². The van der Waals surface area contributed by atoms with Crippen molar-refractivity contribution < 1.29 is 19.4 Å². The zero-order valence-electron chi connectivity index (χ0n) is 9.18. The Bertz CT molecular complexity index is 333. The van der Waals surface area contributed by atoms with Gasteiger partial charge in [-0.05, 0) is 12.0 Å². The largest absolute Gasteiger partial charge is 0.478 e. The van der Waals surface area contributed by atoms with Crippen molar-refractivity contribution in [2.75, 3.05) is 26.8 Å². The molecule has 1 aliphatic rings. The van der Waals surface area contributed by atoms with E-state index in [9.17, 15) is 9.59 Å². The number of aliphatic carboxylic acids is 1. The van der Waals surface area contributed by atoms with Gasteiger partial charge in [-0.2, -0.15) is 0 Å². The summed E-state index contributed by atoms with van der Waals surface area (Å²) in [6, 6.07) is 0. The van der Waals surface area contributed by atoms with E-state index in [1.165, 1.54) is 5.57 Å². The summed E-state index contributed by atoms with van der Waals surface area (Å²) in [7, 11) is 1.63. The highest BCUT2D eigenvalue weighted by atomic mass is 16.5. The van der Waals surface area contributed by atoms with Crippen molar-refractivity contribution in [3.8, 4) is 0 Å². The van der Waals surface area contributed by atoms with E-state index in [1.807, 2.05) is 6.08 Å². The molecule has 0 unspecified atom stereocenters. The van der Waals surface area contributed by atoms with Crippen LogP contribution in [0.15, 0.2) is 23.8 Å². The number of ether oxygens (including phenoxy) is 1. The second-order valence-electron chi connectivity index (χ2n) is 3.50. The number of nitrogens with zero attached hydrogens (tertiary/aromatic N) is 1. The standard InChI is InChI=1S/C11H15NO4/c1-16-8-9-4-6-12(7-5-9)10(13)2-3-11(14)15/h2-4H,5-8H2,1H3,(H,14,15)/b3-2+. The molecule has 5 nitrogen and oxygen atoms in total. The van der Waals surface area contributed by atoms with Gasteiger partial charge in [-0.25, -0.2) is 4.79 Å². The zero-order chi connectivity index (χ0) is 12.0. The van der Waals surface area contributed by atoms with Crippen LogP contribution in [0.4, 0.5) is 0 Å². The van der Waals surface area contributed by atoms with Crippen LogP contribution >= 0.6 is 0 Å². The third-order valence-electron chi connectivity index (χ3n) is 2.31. The summed E-state index contributed by atoms with van der Waals surface area (Å²) < 4.78 is 4.99. The number of hydrogen-bond donors (Lipinski definition) is 1. The fourth-order valence-electron chi connectivity index (χ4n) is 1.48. The fraction of sp³-hybridized carbons (Fsp3) is 0.455. The van der Waals surface area contributed by atoms with Crippen molar-refractivity contribution >= 4 is 11.9 Å².